The summed E-state index contributed by atoms with van der Waals surface area (Å²) in [5.41, 5.74) is 1.76. The number of halogens is 3. The summed E-state index contributed by atoms with van der Waals surface area (Å²) in [4.78, 5) is 16.8. The molecule has 0 saturated heterocycles. The van der Waals surface area contributed by atoms with Gasteiger partial charge in [-0.1, -0.05) is 12.1 Å². The molecule has 3 aromatic heterocycles. The number of benzene rings is 1. The molecule has 7 nitrogen and oxygen atoms in total. The van der Waals surface area contributed by atoms with Gasteiger partial charge in [0.1, 0.15) is 12.4 Å². The number of nitrogens with one attached hydrogen (secondary N) is 1. The highest BCUT2D eigenvalue weighted by Crippen LogP contribution is 2.29. The number of carbonyl (C=O) groups is 1. The van der Waals surface area contributed by atoms with Crippen molar-refractivity contribution < 1.29 is 18.0 Å². The molecule has 0 aliphatic rings. The second-order valence-corrected chi connectivity index (χ2v) is 7.17. The van der Waals surface area contributed by atoms with Gasteiger partial charge in [0.15, 0.2) is 11.5 Å². The molecule has 1 N–H and O–H groups in total. The van der Waals surface area contributed by atoms with Crippen molar-refractivity contribution in [1.29, 1.82) is 0 Å². The van der Waals surface area contributed by atoms with Crippen molar-refractivity contribution in [2.45, 2.75) is 33.4 Å². The maximum absolute atomic E-state index is 13.4. The summed E-state index contributed by atoms with van der Waals surface area (Å²) in [6.45, 7) is 3.44. The molecule has 4 rings (SSSR count). The maximum atomic E-state index is 13.4. The van der Waals surface area contributed by atoms with Crippen molar-refractivity contribution in [1.82, 2.24) is 24.5 Å². The molecule has 4 aromatic rings. The van der Waals surface area contributed by atoms with Crippen LogP contribution in [0.2, 0.25) is 0 Å². The van der Waals surface area contributed by atoms with E-state index < -0.39 is 12.3 Å². The zero-order valence-corrected chi connectivity index (χ0v) is 16.8. The van der Waals surface area contributed by atoms with Crippen LogP contribution in [-0.4, -0.2) is 30.5 Å². The lowest BCUT2D eigenvalue weighted by Gasteiger charge is -2.06. The van der Waals surface area contributed by atoms with Gasteiger partial charge >= 0.3 is 0 Å². The number of anilines is 1. The van der Waals surface area contributed by atoms with E-state index in [1.807, 2.05) is 0 Å². The number of carbonyl (C=O) groups excluding carboxylic acids is 1. The van der Waals surface area contributed by atoms with E-state index >= 15 is 0 Å². The Kier molecular flexibility index (Phi) is 5.45. The molecule has 0 aliphatic carbocycles. The van der Waals surface area contributed by atoms with E-state index in [1.165, 1.54) is 22.9 Å². The number of nitrogens with zero attached hydrogens (tertiary/aromatic N) is 5. The van der Waals surface area contributed by atoms with Crippen LogP contribution in [0.1, 0.15) is 28.9 Å². The molecule has 160 valence electrons. The quantitative estimate of drug-likeness (QED) is 0.504. The first-order valence-electron chi connectivity index (χ1n) is 9.50. The summed E-state index contributed by atoms with van der Waals surface area (Å²) in [6.07, 6.45) is -0.980. The first-order valence-corrected chi connectivity index (χ1v) is 9.50. The van der Waals surface area contributed by atoms with Crippen LogP contribution in [0, 0.1) is 19.7 Å². The molecule has 10 heteroatoms. The molecule has 0 aliphatic heterocycles. The third-order valence-corrected chi connectivity index (χ3v) is 4.73. The third kappa shape index (κ3) is 4.42. The Hall–Kier alpha value is -3.69. The summed E-state index contributed by atoms with van der Waals surface area (Å²) < 4.78 is 42.8. The lowest BCUT2D eigenvalue weighted by molar-refractivity contribution is -0.116. The minimum Gasteiger partial charge on any atom is -0.308 e. The fourth-order valence-electron chi connectivity index (χ4n) is 3.41. The maximum Gasteiger partial charge on any atom is 0.264 e. The fourth-order valence-corrected chi connectivity index (χ4v) is 3.41. The first-order chi connectivity index (χ1) is 14.8. The molecule has 1 amide bonds. The van der Waals surface area contributed by atoms with E-state index in [-0.39, 0.29) is 29.0 Å². The van der Waals surface area contributed by atoms with Gasteiger partial charge in [0, 0.05) is 23.5 Å². The number of rotatable bonds is 6. The Morgan fingerprint density at radius 2 is 1.87 bits per heavy atom. The summed E-state index contributed by atoms with van der Waals surface area (Å²) in [6, 6.07) is 9.01. The minimum absolute atomic E-state index is 0.147. The smallest absolute Gasteiger partial charge is 0.264 e. The van der Waals surface area contributed by atoms with E-state index in [9.17, 15) is 18.0 Å². The molecule has 1 aromatic carbocycles. The molecule has 31 heavy (non-hydrogen) atoms. The number of hydrogen-bond donors (Lipinski definition) is 1. The van der Waals surface area contributed by atoms with Crippen molar-refractivity contribution in [2.24, 2.45) is 0 Å². The van der Waals surface area contributed by atoms with Crippen LogP contribution in [0.5, 0.6) is 0 Å². The van der Waals surface area contributed by atoms with Crippen LogP contribution in [0.3, 0.4) is 0 Å². The summed E-state index contributed by atoms with van der Waals surface area (Å²) in [5, 5.41) is 11.4. The van der Waals surface area contributed by atoms with Gasteiger partial charge < -0.3 is 5.32 Å². The molecular formula is C21H19F3N6O. The molecule has 0 saturated carbocycles. The van der Waals surface area contributed by atoms with Crippen LogP contribution in [0.4, 0.5) is 19.0 Å². The van der Waals surface area contributed by atoms with Gasteiger partial charge in [0.25, 0.3) is 6.43 Å². The summed E-state index contributed by atoms with van der Waals surface area (Å²) in [5.74, 6) is -0.403. The largest absolute Gasteiger partial charge is 0.308 e. The lowest BCUT2D eigenvalue weighted by Crippen LogP contribution is -2.20. The van der Waals surface area contributed by atoms with Crippen LogP contribution in [0.15, 0.2) is 42.6 Å². The highest BCUT2D eigenvalue weighted by Gasteiger charge is 2.20. The Labute approximate surface area is 175 Å². The van der Waals surface area contributed by atoms with Crippen molar-refractivity contribution in [2.75, 3.05) is 5.32 Å². The molecule has 0 radical (unpaired) electrons. The summed E-state index contributed by atoms with van der Waals surface area (Å²) in [7, 11) is 0. The molecule has 0 spiro atoms. The van der Waals surface area contributed by atoms with E-state index in [2.05, 4.69) is 20.5 Å². The van der Waals surface area contributed by atoms with Gasteiger partial charge in [-0.15, -0.1) is 0 Å². The van der Waals surface area contributed by atoms with Crippen LogP contribution in [0.25, 0.3) is 11.0 Å². The van der Waals surface area contributed by atoms with Crippen molar-refractivity contribution in [3.8, 4) is 0 Å². The zero-order chi connectivity index (χ0) is 22.1. The zero-order valence-electron chi connectivity index (χ0n) is 16.8. The highest BCUT2D eigenvalue weighted by molar-refractivity contribution is 5.91. The van der Waals surface area contributed by atoms with Crippen LogP contribution < -0.4 is 5.32 Å². The number of aryl methyl sites for hydroxylation is 2. The highest BCUT2D eigenvalue weighted by atomic mass is 19.3. The van der Waals surface area contributed by atoms with Gasteiger partial charge in [-0.3, -0.25) is 9.48 Å². The van der Waals surface area contributed by atoms with Crippen molar-refractivity contribution >= 4 is 22.8 Å². The number of hydrogen-bond acceptors (Lipinski definition) is 4. The Morgan fingerprint density at radius 3 is 2.58 bits per heavy atom. The molecular weight excluding hydrogens is 409 g/mol. The average molecular weight is 428 g/mol. The van der Waals surface area contributed by atoms with Gasteiger partial charge in [0.2, 0.25) is 5.91 Å². The number of alkyl halides is 2. The minimum atomic E-state index is -2.67. The number of amides is 1. The normalized spacial score (nSPS) is 11.4. The van der Waals surface area contributed by atoms with Gasteiger partial charge in [-0.05, 0) is 37.6 Å². The third-order valence-electron chi connectivity index (χ3n) is 4.73. The SMILES string of the molecule is Cc1cc(C(F)F)c2c(C)nn(CC(=O)Nc3ccn(Cc4ccc(F)cc4)n3)c2n1. The molecule has 0 atom stereocenters. The first kappa shape index (κ1) is 20.6. The van der Waals surface area contributed by atoms with Crippen molar-refractivity contribution in [3.05, 3.63) is 70.9 Å². The topological polar surface area (TPSA) is 77.6 Å². The number of aromatic nitrogens is 5. The second-order valence-electron chi connectivity index (χ2n) is 7.17. The standard InChI is InChI=1S/C21H19F3N6O/c1-12-9-16(20(23)24)19-13(2)27-30(21(19)25-12)11-18(31)26-17-7-8-29(28-17)10-14-3-5-15(22)6-4-14/h3-9,20H,10-11H2,1-2H3,(H,26,28,31). The van der Waals surface area contributed by atoms with E-state index in [1.54, 1.807) is 42.9 Å². The second kappa shape index (κ2) is 8.21. The van der Waals surface area contributed by atoms with Gasteiger partial charge in [-0.2, -0.15) is 10.2 Å². The van der Waals surface area contributed by atoms with Crippen LogP contribution >= 0.6 is 0 Å². The molecule has 0 bridgehead atoms. The molecule has 0 unspecified atom stereocenters. The monoisotopic (exact) mass is 428 g/mol. The predicted octanol–water partition coefficient (Wildman–Crippen LogP) is 4.01. The predicted molar refractivity (Wildman–Crippen MR) is 108 cm³/mol. The van der Waals surface area contributed by atoms with E-state index in [4.69, 9.17) is 0 Å². The lowest BCUT2D eigenvalue weighted by atomic mass is 10.1. The summed E-state index contributed by atoms with van der Waals surface area (Å²) >= 11 is 0. The Morgan fingerprint density at radius 1 is 1.13 bits per heavy atom. The fraction of sp³-hybridized carbons (Fsp3) is 0.238. The average Bonchev–Trinajstić information content (AvgIpc) is 3.27. The van der Waals surface area contributed by atoms with Crippen molar-refractivity contribution in [3.63, 3.8) is 0 Å². The van der Waals surface area contributed by atoms with E-state index in [0.29, 0.717) is 23.8 Å². The van der Waals surface area contributed by atoms with Crippen LogP contribution in [-0.2, 0) is 17.9 Å². The van der Waals surface area contributed by atoms with Gasteiger partial charge in [-0.25, -0.2) is 22.8 Å². The van der Waals surface area contributed by atoms with E-state index in [0.717, 1.165) is 5.56 Å². The molecule has 3 heterocycles. The number of pyridine rings is 1. The number of fused-ring (bicyclic) bond motifs is 1. The molecule has 0 fully saturated rings. The van der Waals surface area contributed by atoms with Gasteiger partial charge in [0.05, 0.1) is 17.6 Å². The Bertz CT molecular complexity index is 1250. The Balaban J connectivity index is 1.49.